The Morgan fingerprint density at radius 2 is 1.96 bits per heavy atom. The molecule has 1 aromatic heterocycles. The summed E-state index contributed by atoms with van der Waals surface area (Å²) in [5.74, 6) is 0.237. The normalized spacial score (nSPS) is 15.8. The van der Waals surface area contributed by atoms with Crippen LogP contribution in [0.3, 0.4) is 0 Å². The Hall–Kier alpha value is -2.30. The van der Waals surface area contributed by atoms with Crippen molar-refractivity contribution >= 4 is 22.8 Å². The molecule has 0 spiro atoms. The molecule has 0 radical (unpaired) electrons. The van der Waals surface area contributed by atoms with E-state index in [9.17, 15) is 9.59 Å². The zero-order chi connectivity index (χ0) is 16.4. The van der Waals surface area contributed by atoms with Crippen LogP contribution in [0.4, 0.5) is 0 Å². The maximum Gasteiger partial charge on any atom is 0.305 e. The van der Waals surface area contributed by atoms with Crippen molar-refractivity contribution < 1.29 is 14.3 Å². The van der Waals surface area contributed by atoms with Crippen molar-refractivity contribution in [2.45, 2.75) is 19.3 Å². The standard InChI is InChI=1S/C18H22N2O3/c1-19-9-8-14-15(4-3-5-16(14)19)18(22)20-10-6-13(7-11-20)12-17(21)23-2/h3-5,8-9,13H,6-7,10-12H2,1-2H3. The molecule has 2 heterocycles. The van der Waals surface area contributed by atoms with E-state index in [1.807, 2.05) is 47.0 Å². The van der Waals surface area contributed by atoms with E-state index in [-0.39, 0.29) is 11.9 Å². The van der Waals surface area contributed by atoms with Gasteiger partial charge in [-0.25, -0.2) is 0 Å². The van der Waals surface area contributed by atoms with Crippen LogP contribution in [0.2, 0.25) is 0 Å². The quantitative estimate of drug-likeness (QED) is 0.818. The topological polar surface area (TPSA) is 51.5 Å². The second kappa shape index (κ2) is 6.44. The molecule has 3 rings (SSSR count). The Bertz CT molecular complexity index is 727. The first-order chi connectivity index (χ1) is 11.1. The van der Waals surface area contributed by atoms with Crippen LogP contribution < -0.4 is 0 Å². The second-order valence-corrected chi connectivity index (χ2v) is 6.18. The molecule has 1 aromatic carbocycles. The van der Waals surface area contributed by atoms with Gasteiger partial charge in [-0.15, -0.1) is 0 Å². The molecule has 122 valence electrons. The van der Waals surface area contributed by atoms with Crippen LogP contribution in [0.1, 0.15) is 29.6 Å². The fourth-order valence-electron chi connectivity index (χ4n) is 3.32. The lowest BCUT2D eigenvalue weighted by Gasteiger charge is -2.31. The number of carbonyl (C=O) groups excluding carboxylic acids is 2. The predicted octanol–water partition coefficient (Wildman–Crippen LogP) is 2.59. The number of methoxy groups -OCH3 is 1. The molecular weight excluding hydrogens is 292 g/mol. The first kappa shape index (κ1) is 15.6. The zero-order valence-electron chi connectivity index (χ0n) is 13.6. The van der Waals surface area contributed by atoms with E-state index in [2.05, 4.69) is 0 Å². The van der Waals surface area contributed by atoms with Crippen molar-refractivity contribution in [3.63, 3.8) is 0 Å². The summed E-state index contributed by atoms with van der Waals surface area (Å²) in [6.45, 7) is 1.40. The van der Waals surface area contributed by atoms with Crippen molar-refractivity contribution in [1.29, 1.82) is 0 Å². The van der Waals surface area contributed by atoms with E-state index in [0.717, 1.165) is 29.3 Å². The van der Waals surface area contributed by atoms with Gasteiger partial charge in [0.05, 0.1) is 7.11 Å². The number of amides is 1. The van der Waals surface area contributed by atoms with Gasteiger partial charge < -0.3 is 14.2 Å². The lowest BCUT2D eigenvalue weighted by Crippen LogP contribution is -2.39. The number of hydrogen-bond acceptors (Lipinski definition) is 3. The molecule has 1 fully saturated rings. The van der Waals surface area contributed by atoms with Crippen molar-refractivity contribution in [1.82, 2.24) is 9.47 Å². The number of aromatic nitrogens is 1. The summed E-state index contributed by atoms with van der Waals surface area (Å²) in [6.07, 6.45) is 4.13. The van der Waals surface area contributed by atoms with Crippen LogP contribution in [0.15, 0.2) is 30.5 Å². The highest BCUT2D eigenvalue weighted by molar-refractivity contribution is 6.06. The molecule has 1 aliphatic heterocycles. The summed E-state index contributed by atoms with van der Waals surface area (Å²) in [5, 5.41) is 0.997. The number of carbonyl (C=O) groups is 2. The molecule has 23 heavy (non-hydrogen) atoms. The van der Waals surface area contributed by atoms with Gasteiger partial charge in [-0.3, -0.25) is 9.59 Å². The van der Waals surface area contributed by atoms with Crippen molar-refractivity contribution in [2.75, 3.05) is 20.2 Å². The van der Waals surface area contributed by atoms with E-state index in [4.69, 9.17) is 4.74 Å². The number of nitrogens with zero attached hydrogens (tertiary/aromatic N) is 2. The number of likely N-dealkylation sites (tertiary alicyclic amines) is 1. The van der Waals surface area contributed by atoms with Gasteiger partial charge in [-0.1, -0.05) is 6.07 Å². The minimum absolute atomic E-state index is 0.0818. The van der Waals surface area contributed by atoms with Crippen molar-refractivity contribution in [3.05, 3.63) is 36.0 Å². The summed E-state index contributed by atoms with van der Waals surface area (Å²) in [5.41, 5.74) is 1.82. The Kier molecular flexibility index (Phi) is 4.37. The van der Waals surface area contributed by atoms with E-state index in [0.29, 0.717) is 25.4 Å². The SMILES string of the molecule is COC(=O)CC1CCN(C(=O)c2cccc3c2ccn3C)CC1. The third-order valence-electron chi connectivity index (χ3n) is 4.74. The average Bonchev–Trinajstić information content (AvgIpc) is 2.96. The first-order valence-electron chi connectivity index (χ1n) is 8.00. The van der Waals surface area contributed by atoms with E-state index in [1.165, 1.54) is 7.11 Å². The molecule has 1 amide bonds. The zero-order valence-corrected chi connectivity index (χ0v) is 13.6. The second-order valence-electron chi connectivity index (χ2n) is 6.18. The number of aryl methyl sites for hydroxylation is 1. The summed E-state index contributed by atoms with van der Waals surface area (Å²) in [7, 11) is 3.40. The maximum absolute atomic E-state index is 12.8. The summed E-state index contributed by atoms with van der Waals surface area (Å²) in [4.78, 5) is 26.1. The maximum atomic E-state index is 12.8. The van der Waals surface area contributed by atoms with Crippen LogP contribution in [-0.2, 0) is 16.6 Å². The third kappa shape index (κ3) is 3.09. The monoisotopic (exact) mass is 314 g/mol. The number of benzene rings is 1. The van der Waals surface area contributed by atoms with Gasteiger partial charge in [0, 0.05) is 49.2 Å². The summed E-state index contributed by atoms with van der Waals surface area (Å²) >= 11 is 0. The van der Waals surface area contributed by atoms with E-state index >= 15 is 0 Å². The Balaban J connectivity index is 1.71. The molecule has 0 unspecified atom stereocenters. The number of ether oxygens (including phenoxy) is 1. The fraction of sp³-hybridized carbons (Fsp3) is 0.444. The molecule has 1 aliphatic rings. The highest BCUT2D eigenvalue weighted by Crippen LogP contribution is 2.25. The van der Waals surface area contributed by atoms with Crippen LogP contribution in [0.5, 0.6) is 0 Å². The number of fused-ring (bicyclic) bond motifs is 1. The minimum atomic E-state index is -0.163. The highest BCUT2D eigenvalue weighted by atomic mass is 16.5. The summed E-state index contributed by atoms with van der Waals surface area (Å²) in [6, 6.07) is 7.84. The molecule has 5 heteroatoms. The molecule has 0 N–H and O–H groups in total. The molecule has 5 nitrogen and oxygen atoms in total. The number of piperidine rings is 1. The van der Waals surface area contributed by atoms with Gasteiger partial charge in [0.15, 0.2) is 0 Å². The average molecular weight is 314 g/mol. The van der Waals surface area contributed by atoms with Crippen LogP contribution >= 0.6 is 0 Å². The van der Waals surface area contributed by atoms with Crippen LogP contribution in [0, 0.1) is 5.92 Å². The smallest absolute Gasteiger partial charge is 0.305 e. The van der Waals surface area contributed by atoms with Crippen molar-refractivity contribution in [3.8, 4) is 0 Å². The van der Waals surface area contributed by atoms with Gasteiger partial charge in [0.1, 0.15) is 0 Å². The fourth-order valence-corrected chi connectivity index (χ4v) is 3.32. The first-order valence-corrected chi connectivity index (χ1v) is 8.00. The molecule has 0 saturated carbocycles. The van der Waals surface area contributed by atoms with Gasteiger partial charge >= 0.3 is 5.97 Å². The minimum Gasteiger partial charge on any atom is -0.469 e. The predicted molar refractivity (Wildman–Crippen MR) is 88.2 cm³/mol. The number of hydrogen-bond donors (Lipinski definition) is 0. The Morgan fingerprint density at radius 3 is 2.65 bits per heavy atom. The lowest BCUT2D eigenvalue weighted by atomic mass is 9.93. The van der Waals surface area contributed by atoms with Gasteiger partial charge in [0.2, 0.25) is 0 Å². The molecule has 1 saturated heterocycles. The van der Waals surface area contributed by atoms with Crippen molar-refractivity contribution in [2.24, 2.45) is 13.0 Å². The summed E-state index contributed by atoms with van der Waals surface area (Å²) < 4.78 is 6.75. The highest BCUT2D eigenvalue weighted by Gasteiger charge is 2.26. The molecular formula is C18H22N2O3. The van der Waals surface area contributed by atoms with Gasteiger partial charge in [-0.05, 0) is 37.0 Å². The Labute approximate surface area is 135 Å². The van der Waals surface area contributed by atoms with Gasteiger partial charge in [0.25, 0.3) is 5.91 Å². The van der Waals surface area contributed by atoms with E-state index in [1.54, 1.807) is 0 Å². The third-order valence-corrected chi connectivity index (χ3v) is 4.74. The molecule has 0 bridgehead atoms. The molecule has 0 aliphatic carbocycles. The lowest BCUT2D eigenvalue weighted by molar-refractivity contribution is -0.142. The van der Waals surface area contributed by atoms with E-state index < -0.39 is 0 Å². The Morgan fingerprint density at radius 1 is 1.22 bits per heavy atom. The molecule has 2 aromatic rings. The number of rotatable bonds is 3. The largest absolute Gasteiger partial charge is 0.469 e. The van der Waals surface area contributed by atoms with Crippen LogP contribution in [0.25, 0.3) is 10.9 Å². The van der Waals surface area contributed by atoms with Crippen LogP contribution in [-0.4, -0.2) is 41.5 Å². The number of esters is 1. The van der Waals surface area contributed by atoms with Gasteiger partial charge in [-0.2, -0.15) is 0 Å². The molecule has 0 atom stereocenters.